The maximum Gasteiger partial charge on any atom is 0.225 e. The molecule has 0 aromatic heterocycles. The van der Waals surface area contributed by atoms with E-state index in [1.165, 1.54) is 78.6 Å². The Morgan fingerprint density at radius 1 is 0.583 bits per heavy atom. The van der Waals surface area contributed by atoms with Gasteiger partial charge < -0.3 is 4.90 Å². The van der Waals surface area contributed by atoms with Crippen molar-refractivity contribution in [2.75, 3.05) is 4.90 Å². The van der Waals surface area contributed by atoms with E-state index < -0.39 is 0 Å². The van der Waals surface area contributed by atoms with Gasteiger partial charge in [-0.05, 0) is 75.4 Å². The zero-order valence-electron chi connectivity index (χ0n) is 27.1. The molecule has 6 aromatic carbocycles. The summed E-state index contributed by atoms with van der Waals surface area (Å²) in [5, 5.41) is 0. The summed E-state index contributed by atoms with van der Waals surface area (Å²) in [6.45, 7) is 4.83. The van der Waals surface area contributed by atoms with Gasteiger partial charge in [-0.2, -0.15) is 4.58 Å². The van der Waals surface area contributed by atoms with E-state index in [1.54, 1.807) is 0 Å². The van der Waals surface area contributed by atoms with E-state index in [-0.39, 0.29) is 17.4 Å². The smallest absolute Gasteiger partial charge is 0.225 e. The molecule has 2 nitrogen and oxygen atoms in total. The molecule has 2 unspecified atom stereocenters. The largest absolute Gasteiger partial charge is 0.333 e. The lowest BCUT2D eigenvalue weighted by Crippen LogP contribution is -2.29. The average molecular weight is 616 g/mol. The number of hydrogen-bond donors (Lipinski definition) is 0. The van der Waals surface area contributed by atoms with E-state index in [9.17, 15) is 0 Å². The Morgan fingerprint density at radius 3 is 2.04 bits per heavy atom. The van der Waals surface area contributed by atoms with Crippen molar-refractivity contribution in [1.29, 1.82) is 0 Å². The fourth-order valence-electron chi connectivity index (χ4n) is 9.05. The van der Waals surface area contributed by atoms with Gasteiger partial charge in [0.15, 0.2) is 0 Å². The number of fused-ring (bicyclic) bond motifs is 9. The highest BCUT2D eigenvalue weighted by Crippen LogP contribution is 2.67. The molecule has 10 rings (SSSR count). The van der Waals surface area contributed by atoms with Crippen LogP contribution >= 0.6 is 0 Å². The summed E-state index contributed by atoms with van der Waals surface area (Å²) < 4.78 is 2.40. The molecule has 2 aliphatic carbocycles. The van der Waals surface area contributed by atoms with Crippen molar-refractivity contribution in [2.24, 2.45) is 0 Å². The van der Waals surface area contributed by atoms with Crippen LogP contribution in [-0.2, 0) is 5.41 Å². The lowest BCUT2D eigenvalue weighted by atomic mass is 9.69. The Labute approximate surface area is 282 Å². The predicted molar refractivity (Wildman–Crippen MR) is 198 cm³/mol. The summed E-state index contributed by atoms with van der Waals surface area (Å²) in [4.78, 5) is 2.63. The zero-order chi connectivity index (χ0) is 32.0. The van der Waals surface area contributed by atoms with Gasteiger partial charge in [-0.25, -0.2) is 0 Å². The first-order chi connectivity index (χ1) is 23.6. The molecule has 2 aliphatic heterocycles. The Bertz CT molecular complexity index is 2370. The molecule has 6 aromatic rings. The van der Waals surface area contributed by atoms with Crippen LogP contribution in [-0.4, -0.2) is 10.3 Å². The van der Waals surface area contributed by atoms with Gasteiger partial charge in [0.25, 0.3) is 0 Å². The van der Waals surface area contributed by atoms with Crippen molar-refractivity contribution >= 4 is 39.6 Å². The number of rotatable bonds is 4. The molecule has 0 spiro atoms. The second kappa shape index (κ2) is 10.1. The Morgan fingerprint density at radius 2 is 1.23 bits per heavy atom. The molecule has 0 N–H and O–H groups in total. The molecular formula is C46H35N2+. The van der Waals surface area contributed by atoms with Crippen molar-refractivity contribution in [3.05, 3.63) is 203 Å². The maximum atomic E-state index is 2.63. The SMILES string of the molecule is CC1(C)C2=C(c3ccccc31)C1c3ccccc3N(c3cccc(C4=[N+](c5ccccc5)C(c5ccccc5)=C4)c3)C1c1ccccc12. The minimum Gasteiger partial charge on any atom is -0.333 e. The molecule has 0 saturated heterocycles. The molecule has 0 saturated carbocycles. The van der Waals surface area contributed by atoms with Crippen molar-refractivity contribution in [2.45, 2.75) is 31.2 Å². The quantitative estimate of drug-likeness (QED) is 0.179. The third-order valence-electron chi connectivity index (χ3n) is 11.0. The van der Waals surface area contributed by atoms with Crippen molar-refractivity contribution in [3.63, 3.8) is 0 Å². The third kappa shape index (κ3) is 3.72. The topological polar surface area (TPSA) is 6.25 Å². The first-order valence-electron chi connectivity index (χ1n) is 17.0. The van der Waals surface area contributed by atoms with Gasteiger partial charge in [-0.15, -0.1) is 0 Å². The number of hydrogen-bond acceptors (Lipinski definition) is 1. The van der Waals surface area contributed by atoms with Crippen LogP contribution in [0.25, 0.3) is 16.8 Å². The summed E-state index contributed by atoms with van der Waals surface area (Å²) in [6.07, 6.45) is 2.34. The number of benzene rings is 6. The maximum absolute atomic E-state index is 2.63. The molecule has 48 heavy (non-hydrogen) atoms. The number of allylic oxidation sites excluding steroid dienone is 2. The Balaban J connectivity index is 1.16. The first kappa shape index (κ1) is 27.4. The van der Waals surface area contributed by atoms with E-state index in [0.717, 1.165) is 0 Å². The van der Waals surface area contributed by atoms with Crippen molar-refractivity contribution in [3.8, 4) is 0 Å². The second-order valence-electron chi connectivity index (χ2n) is 13.9. The zero-order valence-corrected chi connectivity index (χ0v) is 27.1. The van der Waals surface area contributed by atoms with Crippen LogP contribution in [0.15, 0.2) is 164 Å². The molecule has 2 heteroatoms. The van der Waals surface area contributed by atoms with Gasteiger partial charge in [-0.3, -0.25) is 0 Å². The summed E-state index contributed by atoms with van der Waals surface area (Å²) in [7, 11) is 0. The predicted octanol–water partition coefficient (Wildman–Crippen LogP) is 11.1. The lowest BCUT2D eigenvalue weighted by molar-refractivity contribution is -0.341. The van der Waals surface area contributed by atoms with Gasteiger partial charge in [0, 0.05) is 46.0 Å². The summed E-state index contributed by atoms with van der Waals surface area (Å²) in [5.74, 6) is 0.236. The highest BCUT2D eigenvalue weighted by atomic mass is 15.2. The standard InChI is InChI=1S/C46H35N2/c1-46(2)38-26-13-11-24-36(38)42-43-37-25-12-14-27-39(37)48(45(43)35-23-10-9-22-34(35)44(42)46)33-21-15-18-31(28-33)41-29-40(30-16-5-3-6-17-30)47(41)32-19-7-4-8-20-32/h3-29,43,45H,1-2H3/q+1. The first-order valence-corrected chi connectivity index (χ1v) is 17.0. The van der Waals surface area contributed by atoms with Gasteiger partial charge in [0.05, 0.1) is 12.1 Å². The Hall–Kier alpha value is -5.73. The van der Waals surface area contributed by atoms with Gasteiger partial charge >= 0.3 is 0 Å². The van der Waals surface area contributed by atoms with Crippen LogP contribution in [0, 0.1) is 0 Å². The van der Waals surface area contributed by atoms with E-state index in [4.69, 9.17) is 0 Å². The third-order valence-corrected chi connectivity index (χ3v) is 11.0. The molecule has 0 fully saturated rings. The van der Waals surface area contributed by atoms with Gasteiger partial charge in [0.1, 0.15) is 0 Å². The molecule has 2 atom stereocenters. The highest BCUT2D eigenvalue weighted by molar-refractivity contribution is 6.15. The molecule has 4 aliphatic rings. The average Bonchev–Trinajstić information content (AvgIpc) is 3.59. The van der Waals surface area contributed by atoms with Crippen LogP contribution in [0.4, 0.5) is 17.1 Å². The summed E-state index contributed by atoms with van der Waals surface area (Å²) >= 11 is 0. The summed E-state index contributed by atoms with van der Waals surface area (Å²) in [6, 6.07) is 58.2. The monoisotopic (exact) mass is 615 g/mol. The van der Waals surface area contributed by atoms with E-state index in [1.807, 2.05) is 0 Å². The number of para-hydroxylation sites is 2. The van der Waals surface area contributed by atoms with Crippen molar-refractivity contribution < 1.29 is 4.58 Å². The fraction of sp³-hybridized carbons (Fsp3) is 0.109. The molecular weight excluding hydrogens is 581 g/mol. The van der Waals surface area contributed by atoms with E-state index in [2.05, 4.69) is 187 Å². The normalized spacial score (nSPS) is 19.5. The molecule has 228 valence electrons. The van der Waals surface area contributed by atoms with Crippen molar-refractivity contribution in [1.82, 2.24) is 0 Å². The highest BCUT2D eigenvalue weighted by Gasteiger charge is 2.52. The molecule has 0 radical (unpaired) electrons. The van der Waals surface area contributed by atoms with E-state index in [0.29, 0.717) is 0 Å². The number of nitrogens with zero attached hydrogens (tertiary/aromatic N) is 2. The lowest BCUT2D eigenvalue weighted by Gasteiger charge is -2.39. The molecule has 0 bridgehead atoms. The van der Waals surface area contributed by atoms with Crippen LogP contribution in [0.3, 0.4) is 0 Å². The Kier molecular flexibility index (Phi) is 5.78. The number of anilines is 2. The fourth-order valence-corrected chi connectivity index (χ4v) is 9.05. The summed E-state index contributed by atoms with van der Waals surface area (Å²) in [5.41, 5.74) is 18.6. The van der Waals surface area contributed by atoms with Crippen LogP contribution in [0.5, 0.6) is 0 Å². The van der Waals surface area contributed by atoms with E-state index >= 15 is 0 Å². The van der Waals surface area contributed by atoms with Gasteiger partial charge in [0.2, 0.25) is 17.1 Å². The minimum atomic E-state index is -0.0696. The van der Waals surface area contributed by atoms with Crippen LogP contribution in [0.1, 0.15) is 64.8 Å². The van der Waals surface area contributed by atoms with Crippen LogP contribution < -0.4 is 4.90 Å². The van der Waals surface area contributed by atoms with Crippen LogP contribution in [0.2, 0.25) is 0 Å². The van der Waals surface area contributed by atoms with Gasteiger partial charge in [-0.1, -0.05) is 123 Å². The molecule has 2 heterocycles. The molecule has 0 amide bonds. The second-order valence-corrected chi connectivity index (χ2v) is 13.9. The minimum absolute atomic E-state index is 0.0696.